The van der Waals surface area contributed by atoms with E-state index in [2.05, 4.69) is 26.0 Å². The van der Waals surface area contributed by atoms with Gasteiger partial charge in [0.25, 0.3) is 5.56 Å². The summed E-state index contributed by atoms with van der Waals surface area (Å²) in [5.41, 5.74) is 1.31. The van der Waals surface area contributed by atoms with Crippen molar-refractivity contribution in [1.82, 2.24) is 9.66 Å². The van der Waals surface area contributed by atoms with E-state index >= 15 is 0 Å². The minimum absolute atomic E-state index is 0.200. The topological polar surface area (TPSA) is 47.2 Å². The summed E-state index contributed by atoms with van der Waals surface area (Å²) in [4.78, 5) is 17.0. The van der Waals surface area contributed by atoms with E-state index < -0.39 is 0 Å². The van der Waals surface area contributed by atoms with Crippen LogP contribution in [0.5, 0.6) is 0 Å². The first-order chi connectivity index (χ1) is 10.5. The van der Waals surface area contributed by atoms with E-state index in [1.54, 1.807) is 37.4 Å². The van der Waals surface area contributed by atoms with E-state index in [0.29, 0.717) is 21.7 Å². The normalized spacial score (nSPS) is 11.4. The van der Waals surface area contributed by atoms with Crippen LogP contribution >= 0.6 is 27.5 Å². The third kappa shape index (κ3) is 2.96. The van der Waals surface area contributed by atoms with E-state index in [4.69, 9.17) is 11.6 Å². The van der Waals surface area contributed by atoms with Gasteiger partial charge in [0, 0.05) is 9.50 Å². The molecule has 0 bridgehead atoms. The highest BCUT2D eigenvalue weighted by Crippen LogP contribution is 2.15. The van der Waals surface area contributed by atoms with E-state index in [9.17, 15) is 4.79 Å². The Morgan fingerprint density at radius 1 is 1.23 bits per heavy atom. The molecule has 0 saturated carbocycles. The van der Waals surface area contributed by atoms with E-state index in [-0.39, 0.29) is 5.56 Å². The minimum Gasteiger partial charge on any atom is -0.267 e. The van der Waals surface area contributed by atoms with Crippen molar-refractivity contribution in [3.05, 3.63) is 73.7 Å². The Bertz CT molecular complexity index is 933. The van der Waals surface area contributed by atoms with Gasteiger partial charge in [-0.05, 0) is 42.8 Å². The molecule has 2 aromatic carbocycles. The summed E-state index contributed by atoms with van der Waals surface area (Å²) in [5.74, 6) is 0.532. The van der Waals surface area contributed by atoms with Crippen molar-refractivity contribution in [2.45, 2.75) is 6.92 Å². The predicted octanol–water partition coefficient (Wildman–Crippen LogP) is 4.00. The molecule has 3 rings (SSSR count). The lowest BCUT2D eigenvalue weighted by Crippen LogP contribution is -2.20. The fourth-order valence-corrected chi connectivity index (χ4v) is 2.56. The molecule has 0 N–H and O–H groups in total. The molecule has 1 aromatic heterocycles. The fraction of sp³-hybridized carbons (Fsp3) is 0.0625. The summed E-state index contributed by atoms with van der Waals surface area (Å²) in [6.07, 6.45) is 1.61. The number of hydrogen-bond donors (Lipinski definition) is 0. The van der Waals surface area contributed by atoms with Gasteiger partial charge in [-0.1, -0.05) is 39.7 Å². The molecule has 0 aliphatic heterocycles. The van der Waals surface area contributed by atoms with Crippen LogP contribution in [0.4, 0.5) is 0 Å². The van der Waals surface area contributed by atoms with Crippen LogP contribution in [0.1, 0.15) is 11.4 Å². The zero-order valence-electron chi connectivity index (χ0n) is 11.6. The third-order valence-corrected chi connectivity index (χ3v) is 3.91. The fourth-order valence-electron chi connectivity index (χ4n) is 2.07. The number of rotatable bonds is 2. The van der Waals surface area contributed by atoms with Crippen molar-refractivity contribution >= 4 is 44.6 Å². The molecule has 0 atom stereocenters. The highest BCUT2D eigenvalue weighted by Gasteiger charge is 2.07. The van der Waals surface area contributed by atoms with Crippen molar-refractivity contribution in [2.75, 3.05) is 0 Å². The quantitative estimate of drug-likeness (QED) is 0.635. The Kier molecular flexibility index (Phi) is 4.09. The SMILES string of the molecule is Cc1nc2ccc(Br)cc2c(=O)n1/N=C/c1ccc(Cl)cc1. The Hall–Kier alpha value is -1.98. The molecule has 0 aliphatic carbocycles. The van der Waals surface area contributed by atoms with Gasteiger partial charge in [0.05, 0.1) is 17.1 Å². The summed E-state index contributed by atoms with van der Waals surface area (Å²) in [7, 11) is 0. The van der Waals surface area contributed by atoms with E-state index in [1.165, 1.54) is 4.68 Å². The summed E-state index contributed by atoms with van der Waals surface area (Å²) in [5, 5.41) is 5.42. The zero-order chi connectivity index (χ0) is 15.7. The molecule has 1 heterocycles. The minimum atomic E-state index is -0.200. The summed E-state index contributed by atoms with van der Waals surface area (Å²) in [6, 6.07) is 12.6. The van der Waals surface area contributed by atoms with Gasteiger partial charge < -0.3 is 0 Å². The lowest BCUT2D eigenvalue weighted by atomic mass is 10.2. The van der Waals surface area contributed by atoms with Gasteiger partial charge in [-0.15, -0.1) is 0 Å². The monoisotopic (exact) mass is 375 g/mol. The van der Waals surface area contributed by atoms with Crippen LogP contribution in [0.2, 0.25) is 5.02 Å². The first-order valence-electron chi connectivity index (χ1n) is 6.53. The van der Waals surface area contributed by atoms with Crippen LogP contribution in [0.15, 0.2) is 56.8 Å². The summed E-state index contributed by atoms with van der Waals surface area (Å²) < 4.78 is 2.12. The molecule has 22 heavy (non-hydrogen) atoms. The van der Waals surface area contributed by atoms with Gasteiger partial charge in [-0.2, -0.15) is 9.78 Å². The zero-order valence-corrected chi connectivity index (χ0v) is 14.0. The van der Waals surface area contributed by atoms with Crippen LogP contribution < -0.4 is 5.56 Å². The first-order valence-corrected chi connectivity index (χ1v) is 7.70. The van der Waals surface area contributed by atoms with Crippen LogP contribution in [0.25, 0.3) is 10.9 Å². The van der Waals surface area contributed by atoms with Gasteiger partial charge in [0.1, 0.15) is 5.82 Å². The smallest absolute Gasteiger partial charge is 0.267 e. The van der Waals surface area contributed by atoms with Crippen molar-refractivity contribution < 1.29 is 0 Å². The summed E-state index contributed by atoms with van der Waals surface area (Å²) >= 11 is 9.21. The van der Waals surface area contributed by atoms with E-state index in [1.807, 2.05) is 18.2 Å². The third-order valence-electron chi connectivity index (χ3n) is 3.16. The molecule has 110 valence electrons. The molecule has 3 aromatic rings. The molecule has 0 fully saturated rings. The maximum absolute atomic E-state index is 12.5. The van der Waals surface area contributed by atoms with Crippen molar-refractivity contribution in [3.63, 3.8) is 0 Å². The highest BCUT2D eigenvalue weighted by molar-refractivity contribution is 9.10. The molecule has 0 spiro atoms. The number of aromatic nitrogens is 2. The Morgan fingerprint density at radius 2 is 1.95 bits per heavy atom. The number of nitrogens with zero attached hydrogens (tertiary/aromatic N) is 3. The number of aryl methyl sites for hydroxylation is 1. The number of benzene rings is 2. The number of hydrogen-bond acceptors (Lipinski definition) is 3. The lowest BCUT2D eigenvalue weighted by Gasteiger charge is -2.05. The molecule has 0 amide bonds. The van der Waals surface area contributed by atoms with Crippen LogP contribution in [-0.2, 0) is 0 Å². The van der Waals surface area contributed by atoms with Crippen molar-refractivity contribution in [2.24, 2.45) is 5.10 Å². The molecular formula is C16H11BrClN3O. The maximum atomic E-state index is 12.5. The second-order valence-electron chi connectivity index (χ2n) is 4.73. The molecular weight excluding hydrogens is 366 g/mol. The molecule has 0 saturated heterocycles. The molecule has 6 heteroatoms. The van der Waals surface area contributed by atoms with Crippen LogP contribution in [0, 0.1) is 6.92 Å². The van der Waals surface area contributed by atoms with Gasteiger partial charge in [0.2, 0.25) is 0 Å². The second kappa shape index (κ2) is 6.02. The van der Waals surface area contributed by atoms with Gasteiger partial charge in [0.15, 0.2) is 0 Å². The van der Waals surface area contributed by atoms with Gasteiger partial charge >= 0.3 is 0 Å². The van der Waals surface area contributed by atoms with Crippen molar-refractivity contribution in [1.29, 1.82) is 0 Å². The van der Waals surface area contributed by atoms with Gasteiger partial charge in [-0.25, -0.2) is 4.98 Å². The Labute approximate surface area is 140 Å². The average Bonchev–Trinajstić information content (AvgIpc) is 2.50. The van der Waals surface area contributed by atoms with Gasteiger partial charge in [-0.3, -0.25) is 4.79 Å². The van der Waals surface area contributed by atoms with E-state index in [0.717, 1.165) is 10.0 Å². The molecule has 0 unspecified atom stereocenters. The molecule has 4 nitrogen and oxygen atoms in total. The standard InChI is InChI=1S/C16H11BrClN3O/c1-10-20-15-7-4-12(17)8-14(15)16(22)21(10)19-9-11-2-5-13(18)6-3-11/h2-9H,1H3/b19-9+. The number of halogens is 2. The van der Waals surface area contributed by atoms with Crippen molar-refractivity contribution in [3.8, 4) is 0 Å². The molecule has 0 aliphatic rings. The largest absolute Gasteiger partial charge is 0.282 e. The number of fused-ring (bicyclic) bond motifs is 1. The predicted molar refractivity (Wildman–Crippen MR) is 92.9 cm³/mol. The maximum Gasteiger partial charge on any atom is 0.282 e. The second-order valence-corrected chi connectivity index (χ2v) is 6.09. The average molecular weight is 377 g/mol. The highest BCUT2D eigenvalue weighted by atomic mass is 79.9. The molecule has 0 radical (unpaired) electrons. The summed E-state index contributed by atoms with van der Waals surface area (Å²) in [6.45, 7) is 1.75. The lowest BCUT2D eigenvalue weighted by molar-refractivity contribution is 0.771. The van der Waals surface area contributed by atoms with Crippen LogP contribution in [-0.4, -0.2) is 15.9 Å². The van der Waals surface area contributed by atoms with Crippen LogP contribution in [0.3, 0.4) is 0 Å². The first kappa shape index (κ1) is 14.9. The Morgan fingerprint density at radius 3 is 2.68 bits per heavy atom. The Balaban J connectivity index is 2.10.